The molecule has 4 aliphatic carbocycles. The third-order valence-corrected chi connectivity index (χ3v) is 11.2. The first-order valence-corrected chi connectivity index (χ1v) is 16.7. The number of hydrogen-bond acceptors (Lipinski definition) is 13. The van der Waals surface area contributed by atoms with E-state index in [1.165, 1.54) is 31.4 Å². The highest BCUT2D eigenvalue weighted by Crippen LogP contribution is 2.66. The second-order valence-corrected chi connectivity index (χ2v) is 13.8. The fourth-order valence-electron chi connectivity index (χ4n) is 8.66. The lowest BCUT2D eigenvalue weighted by Gasteiger charge is -2.58. The molecule has 0 radical (unpaired) electrons. The van der Waals surface area contributed by atoms with E-state index in [0.717, 1.165) is 5.57 Å². The molecule has 0 aliphatic heterocycles. The summed E-state index contributed by atoms with van der Waals surface area (Å²) in [6, 6.07) is 4.46. The number of methoxy groups -OCH3 is 1. The minimum atomic E-state index is -1.83. The molecule has 0 bridgehead atoms. The molecule has 0 spiro atoms. The summed E-state index contributed by atoms with van der Waals surface area (Å²) in [4.78, 5) is 64.7. The lowest BCUT2D eigenvalue weighted by atomic mass is 9.47. The summed E-state index contributed by atoms with van der Waals surface area (Å²) in [6.07, 6.45) is 8.87. The van der Waals surface area contributed by atoms with Gasteiger partial charge in [0.15, 0.2) is 23.9 Å². The molecule has 0 unspecified atom stereocenters. The summed E-state index contributed by atoms with van der Waals surface area (Å²) in [5.74, 6) is -1.35. The maximum absolute atomic E-state index is 13.6. The molecule has 0 amide bonds. The Kier molecular flexibility index (Phi) is 10.8. The summed E-state index contributed by atoms with van der Waals surface area (Å²) < 4.78 is 20.8. The van der Waals surface area contributed by atoms with Gasteiger partial charge in [-0.3, -0.25) is 9.59 Å². The second kappa shape index (κ2) is 14.7. The van der Waals surface area contributed by atoms with E-state index < -0.39 is 52.1 Å². The van der Waals surface area contributed by atoms with Crippen LogP contribution in [0.1, 0.15) is 64.4 Å². The van der Waals surface area contributed by atoms with Crippen LogP contribution in [0, 0.1) is 38.7 Å². The summed E-state index contributed by atoms with van der Waals surface area (Å²) in [6.45, 7) is 3.13. The molecule has 270 valence electrons. The van der Waals surface area contributed by atoms with Gasteiger partial charge in [0, 0.05) is 29.2 Å². The topological polar surface area (TPSA) is 198 Å². The quantitative estimate of drug-likeness (QED) is 0.0562. The largest absolute Gasteiger partial charge is 0.514 e. The van der Waals surface area contributed by atoms with Crippen LogP contribution in [0.25, 0.3) is 6.08 Å². The Morgan fingerprint density at radius 2 is 1.88 bits per heavy atom. The van der Waals surface area contributed by atoms with E-state index in [9.17, 15) is 39.5 Å². The van der Waals surface area contributed by atoms with Crippen molar-refractivity contribution in [3.8, 4) is 11.5 Å². The molecular formula is C36H43NO13. The van der Waals surface area contributed by atoms with Crippen LogP contribution < -0.4 is 9.47 Å². The van der Waals surface area contributed by atoms with Crippen LogP contribution in [0.2, 0.25) is 0 Å². The Balaban J connectivity index is 1.15. The minimum absolute atomic E-state index is 0.00572. The molecule has 2 saturated carbocycles. The van der Waals surface area contributed by atoms with Crippen molar-refractivity contribution >= 4 is 29.8 Å². The second-order valence-electron chi connectivity index (χ2n) is 13.8. The Morgan fingerprint density at radius 3 is 2.62 bits per heavy atom. The van der Waals surface area contributed by atoms with Gasteiger partial charge in [-0.15, -0.1) is 10.1 Å². The lowest BCUT2D eigenvalue weighted by molar-refractivity contribution is -0.757. The SMILES string of the molecule is COc1cc(C=CC(=O)OCCCCO[N+](=O)[O-])ccc1OC(=O)OCC(=O)[C@@]1(O)CC[C@H]2[C@@H]3CC=C4CC(=O)C=C[C@]4(C)[C@H]3[C@@H](O)C[C@@]21C. The van der Waals surface area contributed by atoms with E-state index in [0.29, 0.717) is 37.7 Å². The molecule has 4 aliphatic rings. The number of hydrogen-bond donors (Lipinski definition) is 2. The summed E-state index contributed by atoms with van der Waals surface area (Å²) in [5.41, 5.74) is -1.73. The molecule has 14 nitrogen and oxygen atoms in total. The van der Waals surface area contributed by atoms with Crippen LogP contribution in [0.5, 0.6) is 11.5 Å². The normalized spacial score (nSPS) is 31.1. The zero-order valence-corrected chi connectivity index (χ0v) is 28.3. The monoisotopic (exact) mass is 697 g/mol. The Bertz CT molecular complexity index is 1620. The van der Waals surface area contributed by atoms with Gasteiger partial charge in [-0.2, -0.15) is 0 Å². The molecule has 0 aromatic heterocycles. The van der Waals surface area contributed by atoms with Crippen molar-refractivity contribution in [2.45, 2.75) is 70.5 Å². The predicted octanol–water partition coefficient (Wildman–Crippen LogP) is 4.33. The first-order valence-electron chi connectivity index (χ1n) is 16.7. The molecule has 2 fully saturated rings. The Hall–Kier alpha value is -4.56. The number of unbranched alkanes of at least 4 members (excludes halogenated alkanes) is 1. The first kappa shape index (κ1) is 36.7. The molecule has 2 N–H and O–H groups in total. The van der Waals surface area contributed by atoms with Gasteiger partial charge in [0.2, 0.25) is 5.78 Å². The molecule has 0 saturated heterocycles. The van der Waals surface area contributed by atoms with Crippen molar-refractivity contribution in [3.05, 3.63) is 63.8 Å². The standard InChI is InChI=1S/C36H43NO13/c1-34-14-12-24(38)19-23(34)8-9-25-26-13-15-36(43,35(26,2)20-27(39)32(25)34)30(40)21-48-33(42)50-28-10-6-22(18-29(28)46-3)7-11-31(41)47-16-4-5-17-49-37(44)45/h6-8,10-12,14,18,25-27,32,39,43H,4-5,9,13,15-17,19-21H2,1-3H3/t25-,26-,27-,32+,34-,35-,36-/m0/s1. The van der Waals surface area contributed by atoms with Gasteiger partial charge < -0.3 is 34.0 Å². The number of ketones is 2. The van der Waals surface area contributed by atoms with Gasteiger partial charge in [-0.1, -0.05) is 37.6 Å². The van der Waals surface area contributed by atoms with E-state index >= 15 is 0 Å². The molecule has 1 aromatic rings. The van der Waals surface area contributed by atoms with E-state index in [1.54, 1.807) is 12.1 Å². The number of ether oxygens (including phenoxy) is 4. The predicted molar refractivity (Wildman–Crippen MR) is 175 cm³/mol. The van der Waals surface area contributed by atoms with Crippen LogP contribution in [0.4, 0.5) is 4.79 Å². The van der Waals surface area contributed by atoms with Crippen molar-refractivity contribution < 1.29 is 58.3 Å². The first-order chi connectivity index (χ1) is 23.7. The summed E-state index contributed by atoms with van der Waals surface area (Å²) in [7, 11) is 1.35. The van der Waals surface area contributed by atoms with Crippen LogP contribution in [0.15, 0.2) is 48.1 Å². The highest BCUT2D eigenvalue weighted by molar-refractivity contribution is 5.93. The van der Waals surface area contributed by atoms with Crippen LogP contribution in [-0.2, 0) is 28.7 Å². The number of nitrogens with zero attached hydrogens (tertiary/aromatic N) is 1. The summed E-state index contributed by atoms with van der Waals surface area (Å²) >= 11 is 0. The van der Waals surface area contributed by atoms with Gasteiger partial charge in [0.1, 0.15) is 5.60 Å². The number of Topliss-reactive ketones (excluding diaryl/α,β-unsaturated/α-hetero) is 1. The van der Waals surface area contributed by atoms with E-state index in [2.05, 4.69) is 17.8 Å². The zero-order valence-electron chi connectivity index (χ0n) is 28.3. The van der Waals surface area contributed by atoms with Crippen LogP contribution in [-0.4, -0.2) is 77.6 Å². The number of fused-ring (bicyclic) bond motifs is 5. The number of aliphatic hydroxyl groups is 2. The molecule has 14 heteroatoms. The van der Waals surface area contributed by atoms with E-state index in [4.69, 9.17) is 18.9 Å². The number of carbonyl (C=O) groups excluding carboxylic acids is 4. The highest BCUT2D eigenvalue weighted by atomic mass is 16.9. The maximum Gasteiger partial charge on any atom is 0.514 e. The lowest BCUT2D eigenvalue weighted by Crippen LogP contribution is -2.61. The molecule has 50 heavy (non-hydrogen) atoms. The third-order valence-electron chi connectivity index (χ3n) is 11.2. The smallest absolute Gasteiger partial charge is 0.493 e. The highest BCUT2D eigenvalue weighted by Gasteiger charge is 2.68. The van der Waals surface area contributed by atoms with Crippen molar-refractivity contribution in [1.82, 2.24) is 0 Å². The number of benzene rings is 1. The van der Waals surface area contributed by atoms with Gasteiger partial charge in [0.05, 0.1) is 26.4 Å². The molecule has 7 atom stereocenters. The maximum atomic E-state index is 13.6. The summed E-state index contributed by atoms with van der Waals surface area (Å²) in [5, 5.41) is 32.7. The van der Waals surface area contributed by atoms with Crippen molar-refractivity contribution in [1.29, 1.82) is 0 Å². The number of rotatable bonds is 13. The van der Waals surface area contributed by atoms with Crippen LogP contribution in [0.3, 0.4) is 0 Å². The third kappa shape index (κ3) is 7.17. The average molecular weight is 698 g/mol. The van der Waals surface area contributed by atoms with Gasteiger partial charge in [0.25, 0.3) is 5.09 Å². The number of carbonyl (C=O) groups is 4. The van der Waals surface area contributed by atoms with Gasteiger partial charge >= 0.3 is 12.1 Å². The number of esters is 1. The van der Waals surface area contributed by atoms with E-state index in [1.807, 2.05) is 13.0 Å². The Labute approximate surface area is 289 Å². The van der Waals surface area contributed by atoms with E-state index in [-0.39, 0.29) is 61.1 Å². The fraction of sp³-hybridized carbons (Fsp3) is 0.556. The van der Waals surface area contributed by atoms with Gasteiger partial charge in [-0.25, -0.2) is 9.59 Å². The zero-order chi connectivity index (χ0) is 36.3. The van der Waals surface area contributed by atoms with Crippen molar-refractivity contribution in [2.75, 3.05) is 26.9 Å². The fourth-order valence-corrected chi connectivity index (χ4v) is 8.66. The van der Waals surface area contributed by atoms with Gasteiger partial charge in [-0.05, 0) is 80.2 Å². The van der Waals surface area contributed by atoms with Crippen molar-refractivity contribution in [2.24, 2.45) is 28.6 Å². The van der Waals surface area contributed by atoms with Crippen molar-refractivity contribution in [3.63, 3.8) is 0 Å². The molecule has 1 aromatic carbocycles. The number of aliphatic hydroxyl groups excluding tert-OH is 1. The van der Waals surface area contributed by atoms with Crippen LogP contribution >= 0.6 is 0 Å². The molecular weight excluding hydrogens is 654 g/mol. The molecule has 0 heterocycles. The average Bonchev–Trinajstić information content (AvgIpc) is 3.35. The minimum Gasteiger partial charge on any atom is -0.493 e. The number of allylic oxidation sites excluding steroid dienone is 4. The molecule has 5 rings (SSSR count). The Morgan fingerprint density at radius 1 is 1.12 bits per heavy atom.